The summed E-state index contributed by atoms with van der Waals surface area (Å²) in [5, 5.41) is 0. The van der Waals surface area contributed by atoms with Gasteiger partial charge in [0.05, 0.1) is 6.61 Å². The maximum atomic E-state index is 5.95. The molecule has 0 spiro atoms. The molecule has 0 bridgehead atoms. The maximum absolute atomic E-state index is 5.95. The molecule has 21 heavy (non-hydrogen) atoms. The number of halogens is 1. The van der Waals surface area contributed by atoms with Crippen LogP contribution in [0.5, 0.6) is 0 Å². The van der Waals surface area contributed by atoms with E-state index in [1.807, 2.05) is 18.4 Å². The quantitative estimate of drug-likeness (QED) is 0.768. The molecule has 2 N–H and O–H groups in total. The molecular formula is C12H14BrN5O3. The van der Waals surface area contributed by atoms with Gasteiger partial charge in [0, 0.05) is 0 Å². The summed E-state index contributed by atoms with van der Waals surface area (Å²) in [5.41, 5.74) is 6.98. The molecule has 8 nitrogen and oxygen atoms in total. The van der Waals surface area contributed by atoms with Crippen LogP contribution < -0.4 is 5.73 Å². The molecule has 2 aliphatic heterocycles. The Hall–Kier alpha value is -1.29. The van der Waals surface area contributed by atoms with E-state index >= 15 is 0 Å². The van der Waals surface area contributed by atoms with Gasteiger partial charge in [-0.25, -0.2) is 15.0 Å². The fraction of sp³-hybridized carbons (Fsp3) is 0.583. The van der Waals surface area contributed by atoms with Crippen LogP contribution in [0.25, 0.3) is 11.2 Å². The molecule has 2 saturated heterocycles. The largest absolute Gasteiger partial charge is 0.382 e. The van der Waals surface area contributed by atoms with E-state index in [9.17, 15) is 0 Å². The van der Waals surface area contributed by atoms with Crippen molar-refractivity contribution < 1.29 is 14.2 Å². The lowest BCUT2D eigenvalue weighted by atomic mass is 10.2. The SMILES string of the molecule is CC1(C)O[C@H]2[C@H](CO[C@H]2n2c(Br)nc3c(N)ncnc32)O1. The fourth-order valence-electron chi connectivity index (χ4n) is 2.87. The van der Waals surface area contributed by atoms with Gasteiger partial charge in [-0.1, -0.05) is 0 Å². The van der Waals surface area contributed by atoms with E-state index in [2.05, 4.69) is 30.9 Å². The fourth-order valence-corrected chi connectivity index (χ4v) is 3.42. The topological polar surface area (TPSA) is 97.3 Å². The molecule has 0 aliphatic carbocycles. The van der Waals surface area contributed by atoms with E-state index in [0.717, 1.165) is 0 Å². The number of nitrogen functional groups attached to an aromatic ring is 1. The molecule has 9 heteroatoms. The van der Waals surface area contributed by atoms with Crippen LogP contribution >= 0.6 is 15.9 Å². The van der Waals surface area contributed by atoms with E-state index in [1.54, 1.807) is 0 Å². The molecule has 112 valence electrons. The molecule has 0 amide bonds. The van der Waals surface area contributed by atoms with Crippen molar-refractivity contribution in [1.29, 1.82) is 0 Å². The second-order valence-electron chi connectivity index (χ2n) is 5.54. The number of hydrogen-bond acceptors (Lipinski definition) is 7. The summed E-state index contributed by atoms with van der Waals surface area (Å²) >= 11 is 3.43. The van der Waals surface area contributed by atoms with Crippen molar-refractivity contribution in [2.75, 3.05) is 12.3 Å². The van der Waals surface area contributed by atoms with Gasteiger partial charge >= 0.3 is 0 Å². The highest BCUT2D eigenvalue weighted by atomic mass is 79.9. The molecule has 4 rings (SSSR count). The Morgan fingerprint density at radius 1 is 1.38 bits per heavy atom. The monoisotopic (exact) mass is 355 g/mol. The summed E-state index contributed by atoms with van der Waals surface area (Å²) in [4.78, 5) is 12.6. The average molecular weight is 356 g/mol. The van der Waals surface area contributed by atoms with Gasteiger partial charge in [0.25, 0.3) is 0 Å². The van der Waals surface area contributed by atoms with Gasteiger partial charge in [0.1, 0.15) is 18.5 Å². The summed E-state index contributed by atoms with van der Waals surface area (Å²) in [6.07, 6.45) is 0.717. The minimum atomic E-state index is -0.617. The third-order valence-electron chi connectivity index (χ3n) is 3.65. The molecule has 4 heterocycles. The van der Waals surface area contributed by atoms with Crippen molar-refractivity contribution in [3.05, 3.63) is 11.1 Å². The van der Waals surface area contributed by atoms with Crippen LogP contribution in [0.4, 0.5) is 5.82 Å². The maximum Gasteiger partial charge on any atom is 0.181 e. The number of nitrogens with two attached hydrogens (primary N) is 1. The van der Waals surface area contributed by atoms with Gasteiger partial charge in [-0.15, -0.1) is 0 Å². The second kappa shape index (κ2) is 4.35. The van der Waals surface area contributed by atoms with E-state index in [4.69, 9.17) is 19.9 Å². The van der Waals surface area contributed by atoms with Gasteiger partial charge in [-0.05, 0) is 29.8 Å². The van der Waals surface area contributed by atoms with Crippen LogP contribution in [0, 0.1) is 0 Å². The number of aromatic nitrogens is 4. The molecule has 2 aromatic rings. The third-order valence-corrected chi connectivity index (χ3v) is 4.21. The molecule has 2 aliphatic rings. The minimum Gasteiger partial charge on any atom is -0.382 e. The van der Waals surface area contributed by atoms with Crippen LogP contribution in [0.1, 0.15) is 20.1 Å². The summed E-state index contributed by atoms with van der Waals surface area (Å²) in [7, 11) is 0. The van der Waals surface area contributed by atoms with E-state index in [0.29, 0.717) is 28.3 Å². The van der Waals surface area contributed by atoms with Crippen molar-refractivity contribution in [3.8, 4) is 0 Å². The van der Waals surface area contributed by atoms with Gasteiger partial charge in [0.2, 0.25) is 0 Å². The second-order valence-corrected chi connectivity index (χ2v) is 6.25. The summed E-state index contributed by atoms with van der Waals surface area (Å²) in [6, 6.07) is 0. The van der Waals surface area contributed by atoms with Crippen molar-refractivity contribution in [2.24, 2.45) is 0 Å². The van der Waals surface area contributed by atoms with Gasteiger partial charge < -0.3 is 19.9 Å². The van der Waals surface area contributed by atoms with E-state index < -0.39 is 5.79 Å². The number of imidazole rings is 1. The zero-order chi connectivity index (χ0) is 14.8. The summed E-state index contributed by atoms with van der Waals surface area (Å²) < 4.78 is 20.0. The minimum absolute atomic E-state index is 0.103. The molecule has 0 radical (unpaired) electrons. The molecule has 3 atom stereocenters. The van der Waals surface area contributed by atoms with Crippen LogP contribution in [-0.2, 0) is 14.2 Å². The Balaban J connectivity index is 1.81. The standard InChI is InChI=1S/C12H14BrN5O3/c1-12(2)20-5-3-19-10(7(5)21-12)18-9-6(17-11(18)13)8(14)15-4-16-9/h4-5,7,10H,3H2,1-2H3,(H2,14,15,16)/t5-,7-,10+/m0/s1. The Kier molecular flexibility index (Phi) is 2.77. The highest BCUT2D eigenvalue weighted by Gasteiger charge is 2.51. The Morgan fingerprint density at radius 3 is 3.00 bits per heavy atom. The first-order chi connectivity index (χ1) is 9.96. The lowest BCUT2D eigenvalue weighted by Crippen LogP contribution is -2.28. The van der Waals surface area contributed by atoms with Crippen LogP contribution in [0.15, 0.2) is 11.1 Å². The first-order valence-corrected chi connectivity index (χ1v) is 7.37. The lowest BCUT2D eigenvalue weighted by molar-refractivity contribution is -0.183. The zero-order valence-corrected chi connectivity index (χ0v) is 13.1. The first kappa shape index (κ1) is 13.4. The highest BCUT2D eigenvalue weighted by Crippen LogP contribution is 2.41. The van der Waals surface area contributed by atoms with Crippen molar-refractivity contribution in [3.63, 3.8) is 0 Å². The number of anilines is 1. The van der Waals surface area contributed by atoms with E-state index in [-0.39, 0.29) is 18.4 Å². The number of fused-ring (bicyclic) bond motifs is 2. The average Bonchev–Trinajstić information content (AvgIpc) is 3.00. The Morgan fingerprint density at radius 2 is 2.19 bits per heavy atom. The van der Waals surface area contributed by atoms with Crippen molar-refractivity contribution in [1.82, 2.24) is 19.5 Å². The summed E-state index contributed by atoms with van der Waals surface area (Å²) in [6.45, 7) is 4.25. The van der Waals surface area contributed by atoms with E-state index in [1.165, 1.54) is 6.33 Å². The summed E-state index contributed by atoms with van der Waals surface area (Å²) in [5.74, 6) is -0.285. The lowest BCUT2D eigenvalue weighted by Gasteiger charge is -2.23. The van der Waals surface area contributed by atoms with Crippen LogP contribution in [-0.4, -0.2) is 44.1 Å². The molecule has 0 aromatic carbocycles. The number of rotatable bonds is 1. The van der Waals surface area contributed by atoms with Gasteiger partial charge in [-0.3, -0.25) is 4.57 Å². The molecular weight excluding hydrogens is 342 g/mol. The van der Waals surface area contributed by atoms with Crippen molar-refractivity contribution in [2.45, 2.75) is 38.1 Å². The van der Waals surface area contributed by atoms with Crippen molar-refractivity contribution >= 4 is 32.9 Å². The predicted octanol–water partition coefficient (Wildman–Crippen LogP) is 1.22. The highest BCUT2D eigenvalue weighted by molar-refractivity contribution is 9.10. The zero-order valence-electron chi connectivity index (χ0n) is 11.5. The van der Waals surface area contributed by atoms with Gasteiger partial charge in [-0.2, -0.15) is 0 Å². The van der Waals surface area contributed by atoms with Crippen LogP contribution in [0.2, 0.25) is 0 Å². The molecule has 0 saturated carbocycles. The molecule has 2 aromatic heterocycles. The molecule has 2 fully saturated rings. The third kappa shape index (κ3) is 1.95. The normalized spacial score (nSPS) is 30.9. The number of nitrogens with zero attached hydrogens (tertiary/aromatic N) is 4. The van der Waals surface area contributed by atoms with Gasteiger partial charge in [0.15, 0.2) is 33.7 Å². The Labute approximate surface area is 128 Å². The molecule has 0 unspecified atom stereocenters. The predicted molar refractivity (Wildman–Crippen MR) is 76.2 cm³/mol. The Bertz CT molecular complexity index is 718. The smallest absolute Gasteiger partial charge is 0.181 e. The number of hydrogen-bond donors (Lipinski definition) is 1. The number of ether oxygens (including phenoxy) is 3. The first-order valence-electron chi connectivity index (χ1n) is 6.57. The van der Waals surface area contributed by atoms with Crippen LogP contribution in [0.3, 0.4) is 0 Å².